The third kappa shape index (κ3) is 2.66. The maximum absolute atomic E-state index is 5.80. The average molecular weight is 281 g/mol. The van der Waals surface area contributed by atoms with E-state index in [2.05, 4.69) is 40.6 Å². The number of aryl methyl sites for hydroxylation is 1. The molecule has 0 radical (unpaired) electrons. The summed E-state index contributed by atoms with van der Waals surface area (Å²) in [5.41, 5.74) is 5.96. The van der Waals surface area contributed by atoms with E-state index in [-0.39, 0.29) is 6.04 Å². The largest absolute Gasteiger partial charge is 0.272 e. The Balaban J connectivity index is 2.05. The van der Waals surface area contributed by atoms with Gasteiger partial charge in [-0.2, -0.15) is 5.10 Å². The number of pyridine rings is 1. The third-order valence-electron chi connectivity index (χ3n) is 3.58. The molecule has 21 heavy (non-hydrogen) atoms. The number of aromatic nitrogens is 3. The summed E-state index contributed by atoms with van der Waals surface area (Å²) in [4.78, 5) is 4.50. The van der Waals surface area contributed by atoms with Crippen molar-refractivity contribution in [3.05, 3.63) is 60.0 Å². The second kappa shape index (κ2) is 6.03. The molecular weight excluding hydrogens is 262 g/mol. The zero-order chi connectivity index (χ0) is 14.7. The van der Waals surface area contributed by atoms with Gasteiger partial charge in [-0.15, -0.1) is 0 Å². The molecular formula is C16H19N5. The van der Waals surface area contributed by atoms with Crippen molar-refractivity contribution in [1.82, 2.24) is 20.2 Å². The maximum Gasteiger partial charge on any atom is 0.0761 e. The van der Waals surface area contributed by atoms with E-state index in [1.807, 2.05) is 29.2 Å². The van der Waals surface area contributed by atoms with Gasteiger partial charge in [0.05, 0.1) is 17.8 Å². The van der Waals surface area contributed by atoms with Crippen LogP contribution in [0.2, 0.25) is 0 Å². The number of hydrogen-bond acceptors (Lipinski definition) is 4. The lowest BCUT2D eigenvalue weighted by Crippen LogP contribution is -2.28. The van der Waals surface area contributed by atoms with Gasteiger partial charge in [0.2, 0.25) is 0 Å². The first kappa shape index (κ1) is 13.7. The van der Waals surface area contributed by atoms with Crippen molar-refractivity contribution < 1.29 is 0 Å². The Bertz CT molecular complexity index is 729. The molecule has 5 nitrogen and oxygen atoms in total. The highest BCUT2D eigenvalue weighted by Gasteiger charge is 2.17. The summed E-state index contributed by atoms with van der Waals surface area (Å²) in [6.07, 6.45) is 6.76. The molecule has 0 aliphatic carbocycles. The number of rotatable bonds is 5. The van der Waals surface area contributed by atoms with E-state index >= 15 is 0 Å². The van der Waals surface area contributed by atoms with Crippen molar-refractivity contribution in [2.75, 3.05) is 0 Å². The lowest BCUT2D eigenvalue weighted by atomic mass is 9.99. The van der Waals surface area contributed by atoms with Gasteiger partial charge >= 0.3 is 0 Å². The first-order chi connectivity index (χ1) is 10.3. The predicted molar refractivity (Wildman–Crippen MR) is 83.4 cm³/mol. The van der Waals surface area contributed by atoms with Crippen LogP contribution in [0.25, 0.3) is 10.9 Å². The van der Waals surface area contributed by atoms with Crippen LogP contribution in [-0.4, -0.2) is 14.8 Å². The molecule has 3 rings (SSSR count). The number of fused-ring (bicyclic) bond motifs is 1. The number of nitrogens with two attached hydrogens (primary N) is 1. The Morgan fingerprint density at radius 2 is 2.14 bits per heavy atom. The topological polar surface area (TPSA) is 68.8 Å². The van der Waals surface area contributed by atoms with E-state index in [0.717, 1.165) is 35.0 Å². The number of benzene rings is 1. The number of nitrogens with zero attached hydrogens (tertiary/aromatic N) is 3. The fourth-order valence-electron chi connectivity index (χ4n) is 2.61. The van der Waals surface area contributed by atoms with Gasteiger partial charge in [0, 0.05) is 35.5 Å². The van der Waals surface area contributed by atoms with Crippen molar-refractivity contribution in [3.8, 4) is 0 Å². The number of nitrogens with one attached hydrogen (secondary N) is 1. The van der Waals surface area contributed by atoms with E-state index < -0.39 is 0 Å². The minimum Gasteiger partial charge on any atom is -0.272 e. The molecule has 0 saturated carbocycles. The molecule has 0 aliphatic rings. The van der Waals surface area contributed by atoms with Gasteiger partial charge in [-0.25, -0.2) is 5.43 Å². The second-order valence-corrected chi connectivity index (χ2v) is 5.06. The van der Waals surface area contributed by atoms with Gasteiger partial charge in [0.15, 0.2) is 0 Å². The Morgan fingerprint density at radius 3 is 2.95 bits per heavy atom. The monoisotopic (exact) mass is 281 g/mol. The van der Waals surface area contributed by atoms with Gasteiger partial charge in [0.25, 0.3) is 0 Å². The summed E-state index contributed by atoms with van der Waals surface area (Å²) >= 11 is 0. The normalized spacial score (nSPS) is 12.7. The minimum absolute atomic E-state index is 0.116. The zero-order valence-electron chi connectivity index (χ0n) is 12.0. The first-order valence-corrected chi connectivity index (χ1v) is 7.15. The van der Waals surface area contributed by atoms with Crippen LogP contribution in [0.15, 0.2) is 48.9 Å². The van der Waals surface area contributed by atoms with E-state index in [4.69, 9.17) is 5.84 Å². The first-order valence-electron chi connectivity index (χ1n) is 7.15. The van der Waals surface area contributed by atoms with Crippen LogP contribution in [0.4, 0.5) is 0 Å². The van der Waals surface area contributed by atoms with Crippen LogP contribution in [-0.2, 0) is 6.54 Å². The van der Waals surface area contributed by atoms with E-state index in [9.17, 15) is 0 Å². The Labute approximate surface area is 123 Å². The minimum atomic E-state index is -0.116. The fraction of sp³-hybridized carbons (Fsp3) is 0.250. The number of hydrogen-bond donors (Lipinski definition) is 2. The molecule has 0 spiro atoms. The van der Waals surface area contributed by atoms with Crippen LogP contribution in [0, 0.1) is 0 Å². The van der Waals surface area contributed by atoms with Gasteiger partial charge < -0.3 is 0 Å². The van der Waals surface area contributed by atoms with E-state index in [1.165, 1.54) is 0 Å². The highest BCUT2D eigenvalue weighted by atomic mass is 15.3. The molecule has 0 aliphatic heterocycles. The smallest absolute Gasteiger partial charge is 0.0761 e. The van der Waals surface area contributed by atoms with Gasteiger partial charge in [-0.3, -0.25) is 15.5 Å². The van der Waals surface area contributed by atoms with Crippen LogP contribution < -0.4 is 11.3 Å². The summed E-state index contributed by atoms with van der Waals surface area (Å²) in [6.45, 7) is 3.04. The third-order valence-corrected chi connectivity index (χ3v) is 3.58. The summed E-state index contributed by atoms with van der Waals surface area (Å²) in [5, 5.41) is 5.49. The molecule has 3 N–H and O–H groups in total. The molecule has 1 atom stereocenters. The van der Waals surface area contributed by atoms with E-state index in [0.29, 0.717) is 0 Å². The summed E-state index contributed by atoms with van der Waals surface area (Å²) < 4.78 is 1.94. The average Bonchev–Trinajstić information content (AvgIpc) is 2.97. The molecule has 108 valence electrons. The molecule has 2 heterocycles. The van der Waals surface area contributed by atoms with Crippen molar-refractivity contribution >= 4 is 10.9 Å². The number of hydrazine groups is 1. The number of para-hydroxylation sites is 1. The van der Waals surface area contributed by atoms with Crippen molar-refractivity contribution in [2.24, 2.45) is 5.84 Å². The molecule has 0 bridgehead atoms. The van der Waals surface area contributed by atoms with Crippen molar-refractivity contribution in [3.63, 3.8) is 0 Å². The Hall–Kier alpha value is -2.24. The van der Waals surface area contributed by atoms with E-state index in [1.54, 1.807) is 6.20 Å². The van der Waals surface area contributed by atoms with Crippen LogP contribution in [0.5, 0.6) is 0 Å². The van der Waals surface area contributed by atoms with Gasteiger partial charge in [-0.1, -0.05) is 31.2 Å². The SMILES string of the molecule is CCCn1cc(C(NN)c2cccc3cccnc23)cn1. The fourth-order valence-corrected chi connectivity index (χ4v) is 2.61. The summed E-state index contributed by atoms with van der Waals surface area (Å²) in [7, 11) is 0. The maximum atomic E-state index is 5.80. The lowest BCUT2D eigenvalue weighted by Gasteiger charge is -2.16. The molecule has 2 aromatic heterocycles. The van der Waals surface area contributed by atoms with Crippen LogP contribution in [0.1, 0.15) is 30.5 Å². The molecule has 5 heteroatoms. The highest BCUT2D eigenvalue weighted by molar-refractivity contribution is 5.82. The van der Waals surface area contributed by atoms with Crippen LogP contribution >= 0.6 is 0 Å². The standard InChI is InChI=1S/C16H19N5/c1-2-9-21-11-13(10-19-21)16(20-17)14-7-3-5-12-6-4-8-18-15(12)14/h3-8,10-11,16,20H,2,9,17H2,1H3. The quantitative estimate of drug-likeness (QED) is 0.556. The van der Waals surface area contributed by atoms with Crippen molar-refractivity contribution in [2.45, 2.75) is 25.9 Å². The molecule has 0 fully saturated rings. The predicted octanol–water partition coefficient (Wildman–Crippen LogP) is 2.39. The Kier molecular flexibility index (Phi) is 3.94. The van der Waals surface area contributed by atoms with Gasteiger partial charge in [0.1, 0.15) is 0 Å². The van der Waals surface area contributed by atoms with Gasteiger partial charge in [-0.05, 0) is 12.5 Å². The summed E-state index contributed by atoms with van der Waals surface area (Å²) in [5.74, 6) is 5.80. The molecule has 0 amide bonds. The molecule has 0 saturated heterocycles. The van der Waals surface area contributed by atoms with Crippen molar-refractivity contribution in [1.29, 1.82) is 0 Å². The Morgan fingerprint density at radius 1 is 1.29 bits per heavy atom. The van der Waals surface area contributed by atoms with Crippen LogP contribution in [0.3, 0.4) is 0 Å². The highest BCUT2D eigenvalue weighted by Crippen LogP contribution is 2.26. The molecule has 1 unspecified atom stereocenters. The lowest BCUT2D eigenvalue weighted by molar-refractivity contribution is 0.598. The summed E-state index contributed by atoms with van der Waals surface area (Å²) in [6, 6.07) is 10.0. The molecule has 1 aromatic carbocycles. The molecule has 3 aromatic rings. The zero-order valence-corrected chi connectivity index (χ0v) is 12.0. The second-order valence-electron chi connectivity index (χ2n) is 5.06.